The Kier molecular flexibility index (Phi) is 5.19. The van der Waals surface area contributed by atoms with E-state index in [-0.39, 0.29) is 32.9 Å². The molecule has 2 aromatic carbocycles. The monoisotopic (exact) mass is 432 g/mol. The number of sulfonamides is 1. The molecule has 1 saturated carbocycles. The standard InChI is InChI=1S/C19H20ClF3N2O2S/c1-18(2)15(17(18)11-3-6-13(7-4-11)28(24,26)27)10-25-16-9-12(20)5-8-14(16)19(21,22)23/h3-9,15,17,25H,10H2,1-2H3,(H2,24,26,27)/t15-,17-/m0/s1. The zero-order chi connectivity index (χ0) is 20.9. The Balaban J connectivity index is 1.77. The molecule has 2 aromatic rings. The molecule has 0 bridgehead atoms. The van der Waals surface area contributed by atoms with Crippen LogP contribution in [0.5, 0.6) is 0 Å². The highest BCUT2D eigenvalue weighted by Gasteiger charge is 2.57. The van der Waals surface area contributed by atoms with Gasteiger partial charge in [0, 0.05) is 17.3 Å². The summed E-state index contributed by atoms with van der Waals surface area (Å²) in [7, 11) is -3.77. The first-order chi connectivity index (χ1) is 12.8. The molecule has 28 heavy (non-hydrogen) atoms. The number of primary sulfonamides is 1. The number of nitrogens with two attached hydrogens (primary N) is 1. The summed E-state index contributed by atoms with van der Waals surface area (Å²) in [6.45, 7) is 4.39. The van der Waals surface area contributed by atoms with E-state index >= 15 is 0 Å². The third kappa shape index (κ3) is 4.14. The van der Waals surface area contributed by atoms with Gasteiger partial charge in [-0.15, -0.1) is 0 Å². The van der Waals surface area contributed by atoms with Gasteiger partial charge in [-0.05, 0) is 53.1 Å². The van der Waals surface area contributed by atoms with Crippen LogP contribution in [0.3, 0.4) is 0 Å². The fourth-order valence-electron chi connectivity index (χ4n) is 3.78. The Hall–Kier alpha value is -1.77. The summed E-state index contributed by atoms with van der Waals surface area (Å²) in [5, 5.41) is 8.23. The topological polar surface area (TPSA) is 72.2 Å². The molecule has 1 aliphatic rings. The van der Waals surface area contributed by atoms with E-state index in [1.807, 2.05) is 13.8 Å². The summed E-state index contributed by atoms with van der Waals surface area (Å²) >= 11 is 5.86. The largest absolute Gasteiger partial charge is 0.418 e. The van der Waals surface area contributed by atoms with Gasteiger partial charge in [-0.2, -0.15) is 13.2 Å². The van der Waals surface area contributed by atoms with Crippen molar-refractivity contribution in [2.75, 3.05) is 11.9 Å². The molecule has 3 rings (SSSR count). The van der Waals surface area contributed by atoms with Gasteiger partial charge in [-0.1, -0.05) is 37.6 Å². The SMILES string of the molecule is CC1(C)[C@@H](CNc2cc(Cl)ccc2C(F)(F)F)[C@@H]1c1ccc(S(N)(=O)=O)cc1. The van der Waals surface area contributed by atoms with Crippen LogP contribution in [-0.2, 0) is 16.2 Å². The number of hydrogen-bond donors (Lipinski definition) is 2. The molecule has 0 radical (unpaired) electrons. The molecule has 0 aliphatic heterocycles. The molecule has 2 atom stereocenters. The van der Waals surface area contributed by atoms with Gasteiger partial charge in [0.1, 0.15) is 0 Å². The Morgan fingerprint density at radius 1 is 1.14 bits per heavy atom. The maximum absolute atomic E-state index is 13.2. The molecule has 0 spiro atoms. The lowest BCUT2D eigenvalue weighted by Crippen LogP contribution is -2.13. The minimum atomic E-state index is -4.48. The molecule has 0 saturated heterocycles. The molecule has 1 fully saturated rings. The van der Waals surface area contributed by atoms with Gasteiger partial charge in [-0.25, -0.2) is 13.6 Å². The van der Waals surface area contributed by atoms with Crippen LogP contribution in [0.15, 0.2) is 47.4 Å². The Morgan fingerprint density at radius 2 is 1.75 bits per heavy atom. The van der Waals surface area contributed by atoms with Crippen LogP contribution in [-0.4, -0.2) is 15.0 Å². The molecule has 152 valence electrons. The second kappa shape index (κ2) is 6.93. The quantitative estimate of drug-likeness (QED) is 0.708. The summed E-state index contributed by atoms with van der Waals surface area (Å²) in [4.78, 5) is 0.0260. The lowest BCUT2D eigenvalue weighted by atomic mass is 10.0. The first-order valence-electron chi connectivity index (χ1n) is 8.55. The van der Waals surface area contributed by atoms with E-state index in [1.165, 1.54) is 24.3 Å². The first-order valence-corrected chi connectivity index (χ1v) is 10.5. The highest BCUT2D eigenvalue weighted by molar-refractivity contribution is 7.89. The van der Waals surface area contributed by atoms with Gasteiger partial charge < -0.3 is 5.32 Å². The van der Waals surface area contributed by atoms with E-state index in [1.54, 1.807) is 12.1 Å². The maximum Gasteiger partial charge on any atom is 0.418 e. The summed E-state index contributed by atoms with van der Waals surface area (Å²) in [6.07, 6.45) is -4.48. The number of hydrogen-bond acceptors (Lipinski definition) is 3. The minimum absolute atomic E-state index is 0.0260. The van der Waals surface area contributed by atoms with Crippen molar-refractivity contribution in [3.05, 3.63) is 58.6 Å². The molecule has 0 aromatic heterocycles. The lowest BCUT2D eigenvalue weighted by molar-refractivity contribution is -0.136. The molecular formula is C19H20ClF3N2O2S. The van der Waals surface area contributed by atoms with Crippen molar-refractivity contribution in [3.63, 3.8) is 0 Å². The zero-order valence-corrected chi connectivity index (χ0v) is 16.8. The van der Waals surface area contributed by atoms with Crippen LogP contribution in [0, 0.1) is 11.3 Å². The molecule has 0 heterocycles. The molecule has 0 unspecified atom stereocenters. The van der Waals surface area contributed by atoms with Crippen molar-refractivity contribution in [2.24, 2.45) is 16.5 Å². The summed E-state index contributed by atoms with van der Waals surface area (Å²) in [5.74, 6) is 0.163. The van der Waals surface area contributed by atoms with Crippen molar-refractivity contribution < 1.29 is 21.6 Å². The molecular weight excluding hydrogens is 413 g/mol. The molecule has 9 heteroatoms. The van der Waals surface area contributed by atoms with Crippen molar-refractivity contribution in [1.29, 1.82) is 0 Å². The fourth-order valence-corrected chi connectivity index (χ4v) is 4.47. The van der Waals surface area contributed by atoms with Gasteiger partial charge in [0.05, 0.1) is 10.5 Å². The smallest absolute Gasteiger partial charge is 0.384 e. The predicted molar refractivity (Wildman–Crippen MR) is 103 cm³/mol. The second-order valence-electron chi connectivity index (χ2n) is 7.59. The molecule has 4 nitrogen and oxygen atoms in total. The van der Waals surface area contributed by atoms with Gasteiger partial charge in [0.15, 0.2) is 0 Å². The Labute approximate surface area is 166 Å². The lowest BCUT2D eigenvalue weighted by Gasteiger charge is -2.15. The minimum Gasteiger partial charge on any atom is -0.384 e. The van der Waals surface area contributed by atoms with E-state index in [2.05, 4.69) is 5.32 Å². The van der Waals surface area contributed by atoms with Crippen LogP contribution < -0.4 is 10.5 Å². The van der Waals surface area contributed by atoms with Gasteiger partial charge in [0.2, 0.25) is 10.0 Å². The number of anilines is 1. The summed E-state index contributed by atoms with van der Waals surface area (Å²) in [5.41, 5.74) is -0.0330. The first kappa shape index (κ1) is 21.0. The van der Waals surface area contributed by atoms with Crippen LogP contribution in [0.25, 0.3) is 0 Å². The third-order valence-electron chi connectivity index (χ3n) is 5.42. The second-order valence-corrected chi connectivity index (χ2v) is 9.59. The maximum atomic E-state index is 13.2. The predicted octanol–water partition coefficient (Wildman–Crippen LogP) is 4.86. The van der Waals surface area contributed by atoms with Crippen molar-refractivity contribution >= 4 is 27.3 Å². The van der Waals surface area contributed by atoms with Gasteiger partial charge in [-0.3, -0.25) is 0 Å². The van der Waals surface area contributed by atoms with E-state index < -0.39 is 21.8 Å². The number of benzene rings is 2. The van der Waals surface area contributed by atoms with E-state index in [0.29, 0.717) is 6.54 Å². The van der Waals surface area contributed by atoms with E-state index in [9.17, 15) is 21.6 Å². The summed E-state index contributed by atoms with van der Waals surface area (Å²) < 4.78 is 62.4. The average molecular weight is 433 g/mol. The molecule has 3 N–H and O–H groups in total. The Bertz CT molecular complexity index is 989. The van der Waals surface area contributed by atoms with E-state index in [4.69, 9.17) is 16.7 Å². The highest BCUT2D eigenvalue weighted by atomic mass is 35.5. The summed E-state index contributed by atoms with van der Waals surface area (Å²) in [6, 6.07) is 9.75. The van der Waals surface area contributed by atoms with Gasteiger partial charge in [0.25, 0.3) is 0 Å². The zero-order valence-electron chi connectivity index (χ0n) is 15.2. The molecule has 0 amide bonds. The number of halogens is 4. The van der Waals surface area contributed by atoms with E-state index in [0.717, 1.165) is 11.6 Å². The van der Waals surface area contributed by atoms with Gasteiger partial charge >= 0.3 is 6.18 Å². The molecule has 1 aliphatic carbocycles. The fraction of sp³-hybridized carbons (Fsp3) is 0.368. The van der Waals surface area contributed by atoms with Crippen molar-refractivity contribution in [1.82, 2.24) is 0 Å². The number of alkyl halides is 3. The average Bonchev–Trinajstić information content (AvgIpc) is 3.12. The Morgan fingerprint density at radius 3 is 2.29 bits per heavy atom. The van der Waals surface area contributed by atoms with Crippen LogP contribution in [0.4, 0.5) is 18.9 Å². The van der Waals surface area contributed by atoms with Crippen LogP contribution in [0.1, 0.15) is 30.9 Å². The van der Waals surface area contributed by atoms with Crippen LogP contribution in [0.2, 0.25) is 5.02 Å². The van der Waals surface area contributed by atoms with Crippen LogP contribution >= 0.6 is 11.6 Å². The number of nitrogens with one attached hydrogen (secondary N) is 1. The highest BCUT2D eigenvalue weighted by Crippen LogP contribution is 2.64. The normalized spacial score (nSPS) is 21.4. The van der Waals surface area contributed by atoms with Crippen molar-refractivity contribution in [2.45, 2.75) is 30.8 Å². The third-order valence-corrected chi connectivity index (χ3v) is 6.58. The number of rotatable bonds is 5. The van der Waals surface area contributed by atoms with Crippen molar-refractivity contribution in [3.8, 4) is 0 Å².